The van der Waals surface area contributed by atoms with Crippen molar-refractivity contribution in [3.05, 3.63) is 60.0 Å². The first-order valence-corrected chi connectivity index (χ1v) is 19.1. The number of rotatable bonds is 17. The van der Waals surface area contributed by atoms with Gasteiger partial charge in [0.05, 0.1) is 13.2 Å². The number of hydrogen-bond donors (Lipinski definition) is 4. The number of imide groups is 1. The van der Waals surface area contributed by atoms with Crippen LogP contribution in [0.25, 0.3) is 10.9 Å². The number of amides is 5. The Balaban J connectivity index is 1.44. The number of carbonyl (C=O) groups excluding carboxylic acids is 5. The molecule has 4 rings (SSSR count). The molecule has 1 aliphatic heterocycles. The lowest BCUT2D eigenvalue weighted by Crippen LogP contribution is -2.57. The molecule has 0 bridgehead atoms. The van der Waals surface area contributed by atoms with E-state index in [0.29, 0.717) is 30.9 Å². The Morgan fingerprint density at radius 3 is 2.25 bits per heavy atom. The van der Waals surface area contributed by atoms with Crippen molar-refractivity contribution in [2.45, 2.75) is 116 Å². The van der Waals surface area contributed by atoms with E-state index in [1.165, 1.54) is 36.7 Å². The minimum Gasteiger partial charge on any atom is -0.499 e. The Morgan fingerprint density at radius 1 is 0.943 bits per heavy atom. The number of nitrogens with zero attached hydrogens (tertiary/aromatic N) is 2. The van der Waals surface area contributed by atoms with Crippen LogP contribution in [0.3, 0.4) is 0 Å². The number of nitrogens with one attached hydrogen (secondary N) is 4. The lowest BCUT2D eigenvalue weighted by atomic mass is 9.84. The molecule has 0 unspecified atom stereocenters. The Kier molecular flexibility index (Phi) is 14.8. The second kappa shape index (κ2) is 19.0. The minimum atomic E-state index is -0.858. The van der Waals surface area contributed by atoms with Gasteiger partial charge < -0.3 is 25.7 Å². The van der Waals surface area contributed by atoms with Crippen molar-refractivity contribution in [3.63, 3.8) is 0 Å². The molecule has 2 aliphatic rings. The van der Waals surface area contributed by atoms with Crippen LogP contribution in [0.4, 0.5) is 0 Å². The molecule has 2 heterocycles. The van der Waals surface area contributed by atoms with E-state index in [2.05, 4.69) is 20.9 Å². The van der Waals surface area contributed by atoms with Crippen LogP contribution in [-0.4, -0.2) is 95.7 Å². The highest BCUT2D eigenvalue weighted by atomic mass is 16.5. The molecule has 1 aliphatic carbocycles. The van der Waals surface area contributed by atoms with Crippen LogP contribution in [0.5, 0.6) is 0 Å². The standard InChI is InChI=1S/C41H60N6O6/c1-25(2)20-32(44-40(51)33(21-28-14-10-9-11-15-28)45-41(52)38(26(3)4)46(6)7)39(50)43-27(5)18-19-36(48)47-34(35(53-8)23-37(47)49)22-29-24-42-31-17-13-12-16-30(29)31/h12-13,16-19,23-28,32-34,38,42H,9-11,14-15,20-22H2,1-8H3,(H,43,50)(H,44,51)(H,45,52)/b19-18+/t27-,32-,33-,34-,38-/m0/s1. The molecular weight excluding hydrogens is 672 g/mol. The quantitative estimate of drug-likeness (QED) is 0.173. The summed E-state index contributed by atoms with van der Waals surface area (Å²) < 4.78 is 5.51. The van der Waals surface area contributed by atoms with Gasteiger partial charge in [0.15, 0.2) is 0 Å². The summed E-state index contributed by atoms with van der Waals surface area (Å²) >= 11 is 0. The van der Waals surface area contributed by atoms with Crippen molar-refractivity contribution in [2.24, 2.45) is 17.8 Å². The predicted molar refractivity (Wildman–Crippen MR) is 206 cm³/mol. The van der Waals surface area contributed by atoms with Crippen LogP contribution >= 0.6 is 0 Å². The third-order valence-corrected chi connectivity index (χ3v) is 10.3. The Hall–Kier alpha value is -4.45. The smallest absolute Gasteiger partial charge is 0.257 e. The fourth-order valence-electron chi connectivity index (χ4n) is 7.76. The molecule has 5 amide bonds. The SMILES string of the molecule is COC1=CC(=O)N(C(=O)/C=C/[C@H](C)NC(=O)[C@H](CC(C)C)NC(=O)[C@H](CC2CCCCC2)NC(=O)[C@H](C(C)C)N(C)C)[C@H]1Cc1c[nH]c2ccccc12. The molecule has 1 aromatic carbocycles. The van der Waals surface area contributed by atoms with Crippen molar-refractivity contribution in [2.75, 3.05) is 21.2 Å². The van der Waals surface area contributed by atoms with Crippen molar-refractivity contribution < 1.29 is 28.7 Å². The lowest BCUT2D eigenvalue weighted by Gasteiger charge is -2.32. The average molecular weight is 733 g/mol. The molecule has 1 fully saturated rings. The van der Waals surface area contributed by atoms with Crippen molar-refractivity contribution in [3.8, 4) is 0 Å². The molecule has 1 aromatic heterocycles. The summed E-state index contributed by atoms with van der Waals surface area (Å²) in [4.78, 5) is 73.9. The zero-order valence-corrected chi connectivity index (χ0v) is 32.7. The molecule has 4 N–H and O–H groups in total. The molecule has 5 atom stereocenters. The van der Waals surface area contributed by atoms with Crippen LogP contribution in [0.2, 0.25) is 0 Å². The van der Waals surface area contributed by atoms with E-state index in [9.17, 15) is 24.0 Å². The summed E-state index contributed by atoms with van der Waals surface area (Å²) in [6, 6.07) is 4.56. The Bertz CT molecular complexity index is 1650. The number of likely N-dealkylation sites (N-methyl/N-ethyl adjacent to an activating group) is 1. The van der Waals surface area contributed by atoms with Gasteiger partial charge in [-0.25, -0.2) is 0 Å². The van der Waals surface area contributed by atoms with E-state index in [1.54, 1.807) is 6.92 Å². The summed E-state index contributed by atoms with van der Waals surface area (Å²) in [6.07, 6.45) is 12.7. The van der Waals surface area contributed by atoms with E-state index < -0.39 is 47.9 Å². The highest BCUT2D eigenvalue weighted by Gasteiger charge is 2.38. The maximum Gasteiger partial charge on any atom is 0.257 e. The molecule has 12 nitrogen and oxygen atoms in total. The molecule has 0 spiro atoms. The van der Waals surface area contributed by atoms with Gasteiger partial charge >= 0.3 is 0 Å². The molecule has 53 heavy (non-hydrogen) atoms. The number of H-pyrrole nitrogens is 1. The van der Waals surface area contributed by atoms with Gasteiger partial charge in [-0.05, 0) is 63.2 Å². The molecule has 0 saturated heterocycles. The van der Waals surface area contributed by atoms with Crippen molar-refractivity contribution in [1.29, 1.82) is 0 Å². The number of fused-ring (bicyclic) bond motifs is 1. The van der Waals surface area contributed by atoms with E-state index in [1.807, 2.05) is 77.2 Å². The van der Waals surface area contributed by atoms with Gasteiger partial charge in [-0.15, -0.1) is 0 Å². The van der Waals surface area contributed by atoms with Gasteiger partial charge in [-0.2, -0.15) is 0 Å². The zero-order chi connectivity index (χ0) is 38.8. The topological polar surface area (TPSA) is 153 Å². The molecule has 12 heteroatoms. The predicted octanol–water partition coefficient (Wildman–Crippen LogP) is 4.61. The normalized spacial score (nSPS) is 19.1. The highest BCUT2D eigenvalue weighted by Crippen LogP contribution is 2.29. The zero-order valence-electron chi connectivity index (χ0n) is 32.7. The number of benzene rings is 1. The van der Waals surface area contributed by atoms with Gasteiger partial charge in [-0.3, -0.25) is 33.8 Å². The Morgan fingerprint density at radius 2 is 1.60 bits per heavy atom. The van der Waals surface area contributed by atoms with Crippen molar-refractivity contribution in [1.82, 2.24) is 30.7 Å². The number of hydrogen-bond acceptors (Lipinski definition) is 7. The number of ether oxygens (including phenoxy) is 1. The van der Waals surface area contributed by atoms with E-state index >= 15 is 0 Å². The van der Waals surface area contributed by atoms with Crippen LogP contribution in [0.1, 0.15) is 85.1 Å². The third kappa shape index (κ3) is 11.0. The summed E-state index contributed by atoms with van der Waals surface area (Å²) in [6.45, 7) is 9.63. The van der Waals surface area contributed by atoms with Gasteiger partial charge in [0, 0.05) is 41.7 Å². The number of carbonyl (C=O) groups is 5. The lowest BCUT2D eigenvalue weighted by molar-refractivity contribution is -0.139. The summed E-state index contributed by atoms with van der Waals surface area (Å²) in [7, 11) is 5.19. The van der Waals surface area contributed by atoms with Gasteiger partial charge in [-0.1, -0.05) is 84.1 Å². The number of aromatic amines is 1. The number of para-hydroxylation sites is 1. The molecule has 290 valence electrons. The summed E-state index contributed by atoms with van der Waals surface area (Å²) in [5.41, 5.74) is 1.90. The average Bonchev–Trinajstić information content (AvgIpc) is 3.66. The third-order valence-electron chi connectivity index (χ3n) is 10.3. The molecule has 0 radical (unpaired) electrons. The summed E-state index contributed by atoms with van der Waals surface area (Å²) in [5.74, 6) is -1.15. The number of methoxy groups -OCH3 is 1. The van der Waals surface area contributed by atoms with Crippen molar-refractivity contribution >= 4 is 40.4 Å². The Labute approximate surface area is 314 Å². The molecular formula is C41H60N6O6. The monoisotopic (exact) mass is 732 g/mol. The van der Waals surface area contributed by atoms with Gasteiger partial charge in [0.2, 0.25) is 17.7 Å². The largest absolute Gasteiger partial charge is 0.499 e. The van der Waals surface area contributed by atoms with Gasteiger partial charge in [0.25, 0.3) is 11.8 Å². The molecule has 2 aromatic rings. The minimum absolute atomic E-state index is 0.0385. The first-order chi connectivity index (χ1) is 25.2. The van der Waals surface area contributed by atoms with Crippen LogP contribution in [0.15, 0.2) is 54.4 Å². The maximum atomic E-state index is 13.9. The van der Waals surface area contributed by atoms with E-state index in [0.717, 1.165) is 42.1 Å². The number of aromatic nitrogens is 1. The second-order valence-electron chi connectivity index (χ2n) is 15.7. The van der Waals surface area contributed by atoms with Gasteiger partial charge in [0.1, 0.15) is 23.9 Å². The summed E-state index contributed by atoms with van der Waals surface area (Å²) in [5, 5.41) is 9.92. The van der Waals surface area contributed by atoms with E-state index in [-0.39, 0.29) is 23.7 Å². The second-order valence-corrected chi connectivity index (χ2v) is 15.7. The van der Waals surface area contributed by atoms with Crippen LogP contribution < -0.4 is 16.0 Å². The fourth-order valence-corrected chi connectivity index (χ4v) is 7.76. The highest BCUT2D eigenvalue weighted by molar-refractivity contribution is 6.08. The first kappa shape index (κ1) is 41.3. The van der Waals surface area contributed by atoms with Crippen LogP contribution in [0, 0.1) is 17.8 Å². The van der Waals surface area contributed by atoms with Crippen LogP contribution in [-0.2, 0) is 35.1 Å². The first-order valence-electron chi connectivity index (χ1n) is 19.1. The maximum absolute atomic E-state index is 13.9. The molecule has 1 saturated carbocycles. The fraction of sp³-hybridized carbons (Fsp3) is 0.585. The van der Waals surface area contributed by atoms with E-state index in [4.69, 9.17) is 4.74 Å².